The van der Waals surface area contributed by atoms with Gasteiger partial charge in [0.05, 0.1) is 17.2 Å². The lowest BCUT2D eigenvalue weighted by molar-refractivity contribution is -0.131. The van der Waals surface area contributed by atoms with Crippen molar-refractivity contribution in [3.8, 4) is 0 Å². The van der Waals surface area contributed by atoms with Crippen molar-refractivity contribution >= 4 is 32.7 Å². The minimum absolute atomic E-state index is 0.0241. The quantitative estimate of drug-likeness (QED) is 0.693. The Hall–Kier alpha value is -2.47. The van der Waals surface area contributed by atoms with Gasteiger partial charge in [0, 0.05) is 18.1 Å². The van der Waals surface area contributed by atoms with Gasteiger partial charge in [0.15, 0.2) is 0 Å². The molecule has 0 aliphatic carbocycles. The van der Waals surface area contributed by atoms with E-state index in [1.165, 1.54) is 10.9 Å². The fraction of sp³-hybridized carbons (Fsp3) is 0.167. The Bertz CT molecular complexity index is 935. The van der Waals surface area contributed by atoms with E-state index in [9.17, 15) is 9.59 Å². The second-order valence-corrected chi connectivity index (χ2v) is 6.49. The van der Waals surface area contributed by atoms with Gasteiger partial charge in [-0.05, 0) is 29.8 Å². The third kappa shape index (κ3) is 3.54. The molecule has 122 valence electrons. The van der Waals surface area contributed by atoms with Gasteiger partial charge >= 0.3 is 0 Å². The minimum Gasteiger partial charge on any atom is -0.340 e. The van der Waals surface area contributed by atoms with Crippen molar-refractivity contribution < 1.29 is 4.79 Å². The molecule has 0 atom stereocenters. The van der Waals surface area contributed by atoms with Crippen LogP contribution >= 0.6 is 15.9 Å². The van der Waals surface area contributed by atoms with Crippen LogP contribution in [-0.2, 0) is 17.9 Å². The fourth-order valence-corrected chi connectivity index (χ4v) is 2.70. The Morgan fingerprint density at radius 1 is 1.17 bits per heavy atom. The monoisotopic (exact) mass is 385 g/mol. The van der Waals surface area contributed by atoms with Gasteiger partial charge in [0.2, 0.25) is 5.91 Å². The van der Waals surface area contributed by atoms with Gasteiger partial charge in [-0.1, -0.05) is 40.2 Å². The van der Waals surface area contributed by atoms with Crippen LogP contribution in [0.1, 0.15) is 5.56 Å². The maximum atomic E-state index is 12.4. The molecule has 0 bridgehead atoms. The number of carbonyl (C=O) groups excluding carboxylic acids is 1. The molecule has 1 heterocycles. The summed E-state index contributed by atoms with van der Waals surface area (Å²) in [7, 11) is 1.73. The van der Waals surface area contributed by atoms with Crippen LogP contribution in [0.15, 0.2) is 64.1 Å². The number of likely N-dealkylation sites (N-methyl/N-ethyl adjacent to an activating group) is 1. The van der Waals surface area contributed by atoms with Crippen LogP contribution in [0.25, 0.3) is 10.9 Å². The summed E-state index contributed by atoms with van der Waals surface area (Å²) in [5.41, 5.74) is 1.46. The number of para-hydroxylation sites is 1. The van der Waals surface area contributed by atoms with Gasteiger partial charge in [0.1, 0.15) is 6.54 Å². The van der Waals surface area contributed by atoms with Crippen molar-refractivity contribution in [3.05, 3.63) is 75.2 Å². The highest BCUT2D eigenvalue weighted by Crippen LogP contribution is 2.12. The van der Waals surface area contributed by atoms with E-state index in [0.717, 1.165) is 10.0 Å². The zero-order valence-electron chi connectivity index (χ0n) is 13.1. The lowest BCUT2D eigenvalue weighted by Gasteiger charge is -2.18. The van der Waals surface area contributed by atoms with E-state index < -0.39 is 0 Å². The molecule has 5 nitrogen and oxygen atoms in total. The number of nitrogens with zero attached hydrogens (tertiary/aromatic N) is 3. The molecular formula is C18H16BrN3O2. The molecule has 0 N–H and O–H groups in total. The van der Waals surface area contributed by atoms with Crippen LogP contribution in [0.3, 0.4) is 0 Å². The SMILES string of the molecule is CN(Cc1ccc(Br)cc1)C(=O)Cn1cnc2ccccc2c1=O. The molecule has 0 aliphatic heterocycles. The molecule has 3 aromatic rings. The lowest BCUT2D eigenvalue weighted by atomic mass is 10.2. The van der Waals surface area contributed by atoms with Gasteiger partial charge in [-0.25, -0.2) is 4.98 Å². The molecule has 0 saturated carbocycles. The van der Waals surface area contributed by atoms with E-state index in [4.69, 9.17) is 0 Å². The molecule has 24 heavy (non-hydrogen) atoms. The third-order valence-electron chi connectivity index (χ3n) is 3.80. The van der Waals surface area contributed by atoms with E-state index in [-0.39, 0.29) is 18.0 Å². The number of halogens is 1. The predicted molar refractivity (Wildman–Crippen MR) is 96.6 cm³/mol. The molecule has 0 fully saturated rings. The van der Waals surface area contributed by atoms with Crippen LogP contribution in [-0.4, -0.2) is 27.4 Å². The van der Waals surface area contributed by atoms with Crippen LogP contribution in [0.4, 0.5) is 0 Å². The smallest absolute Gasteiger partial charge is 0.261 e. The Balaban J connectivity index is 1.75. The topological polar surface area (TPSA) is 55.2 Å². The van der Waals surface area contributed by atoms with E-state index in [1.807, 2.05) is 30.3 Å². The average molecular weight is 386 g/mol. The number of fused-ring (bicyclic) bond motifs is 1. The summed E-state index contributed by atoms with van der Waals surface area (Å²) in [6, 6.07) is 14.9. The molecule has 0 unspecified atom stereocenters. The van der Waals surface area contributed by atoms with Crippen molar-refractivity contribution in [1.82, 2.24) is 14.5 Å². The second kappa shape index (κ2) is 6.97. The van der Waals surface area contributed by atoms with E-state index >= 15 is 0 Å². The van der Waals surface area contributed by atoms with Crippen molar-refractivity contribution in [1.29, 1.82) is 0 Å². The van der Waals surface area contributed by atoms with Crippen LogP contribution in [0.2, 0.25) is 0 Å². The lowest BCUT2D eigenvalue weighted by Crippen LogP contribution is -2.33. The first-order valence-corrected chi connectivity index (χ1v) is 8.26. The Morgan fingerprint density at radius 3 is 2.62 bits per heavy atom. The van der Waals surface area contributed by atoms with Gasteiger partial charge in [0.25, 0.3) is 5.56 Å². The summed E-state index contributed by atoms with van der Waals surface area (Å²) in [5, 5.41) is 0.517. The predicted octanol–water partition coefficient (Wildman–Crippen LogP) is 2.82. The van der Waals surface area contributed by atoms with Crippen LogP contribution in [0.5, 0.6) is 0 Å². The molecule has 0 radical (unpaired) electrons. The maximum Gasteiger partial charge on any atom is 0.261 e. The standard InChI is InChI=1S/C18H16BrN3O2/c1-21(10-13-6-8-14(19)9-7-13)17(23)11-22-12-20-16-5-3-2-4-15(16)18(22)24/h2-9,12H,10-11H2,1H3. The average Bonchev–Trinajstić information content (AvgIpc) is 2.59. The highest BCUT2D eigenvalue weighted by atomic mass is 79.9. The highest BCUT2D eigenvalue weighted by molar-refractivity contribution is 9.10. The number of hydrogen-bond acceptors (Lipinski definition) is 3. The summed E-state index contributed by atoms with van der Waals surface area (Å²) in [5.74, 6) is -0.142. The van der Waals surface area contributed by atoms with Gasteiger partial charge in [-0.3, -0.25) is 14.2 Å². The summed E-state index contributed by atoms with van der Waals surface area (Å²) < 4.78 is 2.34. The third-order valence-corrected chi connectivity index (χ3v) is 4.32. The Morgan fingerprint density at radius 2 is 1.88 bits per heavy atom. The first-order chi connectivity index (χ1) is 11.5. The number of aromatic nitrogens is 2. The maximum absolute atomic E-state index is 12.4. The summed E-state index contributed by atoms with van der Waals surface area (Å²) in [6.07, 6.45) is 1.43. The first kappa shape index (κ1) is 16.4. The summed E-state index contributed by atoms with van der Waals surface area (Å²) in [6.45, 7) is 0.464. The fourth-order valence-electron chi connectivity index (χ4n) is 2.44. The minimum atomic E-state index is -0.203. The molecule has 6 heteroatoms. The van der Waals surface area contributed by atoms with Crippen LogP contribution in [0, 0.1) is 0 Å². The largest absolute Gasteiger partial charge is 0.340 e. The summed E-state index contributed by atoms with van der Waals surface area (Å²) in [4.78, 5) is 30.7. The number of rotatable bonds is 4. The zero-order valence-corrected chi connectivity index (χ0v) is 14.7. The van der Waals surface area contributed by atoms with E-state index in [2.05, 4.69) is 20.9 Å². The van der Waals surface area contributed by atoms with Crippen molar-refractivity contribution in [3.63, 3.8) is 0 Å². The molecule has 3 rings (SSSR count). The molecule has 1 amide bonds. The molecule has 0 aliphatic rings. The van der Waals surface area contributed by atoms with Crippen molar-refractivity contribution in [2.24, 2.45) is 0 Å². The number of amides is 1. The van der Waals surface area contributed by atoms with Crippen molar-refractivity contribution in [2.75, 3.05) is 7.05 Å². The normalized spacial score (nSPS) is 10.8. The molecule has 0 saturated heterocycles. The number of benzene rings is 2. The summed E-state index contributed by atoms with van der Waals surface area (Å²) >= 11 is 3.39. The molecule has 2 aromatic carbocycles. The van der Waals surface area contributed by atoms with Crippen molar-refractivity contribution in [2.45, 2.75) is 13.1 Å². The highest BCUT2D eigenvalue weighted by Gasteiger charge is 2.12. The Labute approximate surface area is 147 Å². The zero-order chi connectivity index (χ0) is 17.1. The van der Waals surface area contributed by atoms with E-state index in [1.54, 1.807) is 30.1 Å². The van der Waals surface area contributed by atoms with Gasteiger partial charge in [-0.15, -0.1) is 0 Å². The van der Waals surface area contributed by atoms with Gasteiger partial charge < -0.3 is 4.90 Å². The number of hydrogen-bond donors (Lipinski definition) is 0. The molecular weight excluding hydrogens is 370 g/mol. The van der Waals surface area contributed by atoms with Crippen LogP contribution < -0.4 is 5.56 Å². The molecule has 0 spiro atoms. The van der Waals surface area contributed by atoms with Gasteiger partial charge in [-0.2, -0.15) is 0 Å². The van der Waals surface area contributed by atoms with E-state index in [0.29, 0.717) is 17.4 Å². The molecule has 1 aromatic heterocycles. The second-order valence-electron chi connectivity index (χ2n) is 5.57. The number of carbonyl (C=O) groups is 1. The first-order valence-electron chi connectivity index (χ1n) is 7.47. The Kier molecular flexibility index (Phi) is 4.76.